The van der Waals surface area contributed by atoms with Gasteiger partial charge in [0.05, 0.1) is 18.3 Å². The Hall–Kier alpha value is -5.95. The molecule has 1 fully saturated rings. The molecular weight excluding hydrogens is 788 g/mol. The molecule has 2 aromatic carbocycles. The highest BCUT2D eigenvalue weighted by Gasteiger charge is 2.38. The van der Waals surface area contributed by atoms with Crippen LogP contribution in [0.2, 0.25) is 0 Å². The van der Waals surface area contributed by atoms with E-state index in [2.05, 4.69) is 35.8 Å². The number of aromatic amines is 1. The highest BCUT2D eigenvalue weighted by molar-refractivity contribution is 6.17. The number of carbonyl (C=O) groups is 4. The van der Waals surface area contributed by atoms with Gasteiger partial charge in [0.15, 0.2) is 0 Å². The maximum atomic E-state index is 14.2. The number of nitrogens with two attached hydrogens (primary N) is 1. The van der Waals surface area contributed by atoms with Gasteiger partial charge < -0.3 is 30.5 Å². The van der Waals surface area contributed by atoms with E-state index in [0.717, 1.165) is 42.5 Å². The van der Waals surface area contributed by atoms with Gasteiger partial charge >= 0.3 is 18.2 Å². The van der Waals surface area contributed by atoms with Crippen LogP contribution in [0.15, 0.2) is 66.9 Å². The van der Waals surface area contributed by atoms with Crippen molar-refractivity contribution in [2.75, 3.05) is 38.7 Å². The third kappa shape index (κ3) is 14.7. The number of anilines is 1. The van der Waals surface area contributed by atoms with Crippen molar-refractivity contribution >= 4 is 29.6 Å². The lowest BCUT2D eigenvalue weighted by Gasteiger charge is -2.32. The van der Waals surface area contributed by atoms with Crippen LogP contribution in [0.3, 0.4) is 0 Å². The quantitative estimate of drug-likeness (QED) is 0.113. The number of rotatable bonds is 14. The van der Waals surface area contributed by atoms with Crippen LogP contribution < -0.4 is 20.7 Å². The summed E-state index contributed by atoms with van der Waals surface area (Å²) in [7, 11) is 4.06. The molecule has 60 heavy (non-hydrogen) atoms. The van der Waals surface area contributed by atoms with Crippen molar-refractivity contribution in [3.63, 3.8) is 0 Å². The van der Waals surface area contributed by atoms with Gasteiger partial charge in [-0.2, -0.15) is 18.4 Å². The maximum absolute atomic E-state index is 14.2. The van der Waals surface area contributed by atoms with E-state index in [0.29, 0.717) is 48.9 Å². The third-order valence-corrected chi connectivity index (χ3v) is 9.34. The van der Waals surface area contributed by atoms with Gasteiger partial charge in [-0.1, -0.05) is 24.3 Å². The third-order valence-electron chi connectivity index (χ3n) is 9.34. The first-order valence-corrected chi connectivity index (χ1v) is 19.4. The first kappa shape index (κ1) is 46.7. The highest BCUT2D eigenvalue weighted by Crippen LogP contribution is 2.32. The number of nitrogens with one attached hydrogen (secondary N) is 2. The van der Waals surface area contributed by atoms with Crippen LogP contribution in [0.4, 0.5) is 23.7 Å². The number of benzene rings is 2. The smallest absolute Gasteiger partial charge is 0.478 e. The number of H-pyrrole nitrogens is 1. The highest BCUT2D eigenvalue weighted by atomic mass is 19.4. The fourth-order valence-electron chi connectivity index (χ4n) is 6.28. The van der Waals surface area contributed by atoms with Gasteiger partial charge in [-0.3, -0.25) is 9.59 Å². The first-order valence-electron chi connectivity index (χ1n) is 19.4. The number of tetrazole rings is 1. The van der Waals surface area contributed by atoms with E-state index < -0.39 is 35.8 Å². The number of hydrogen-bond acceptors (Lipinski definition) is 12. The number of amides is 3. The fraction of sp³-hybridized carbons (Fsp3) is 0.463. The Kier molecular flexibility index (Phi) is 16.6. The Morgan fingerprint density at radius 3 is 2.08 bits per heavy atom. The zero-order valence-corrected chi connectivity index (χ0v) is 34.2. The second kappa shape index (κ2) is 21.3. The van der Waals surface area contributed by atoms with Crippen molar-refractivity contribution in [3.8, 4) is 28.4 Å². The van der Waals surface area contributed by atoms with Crippen molar-refractivity contribution in [2.24, 2.45) is 17.6 Å². The van der Waals surface area contributed by atoms with Crippen LogP contribution in [0, 0.1) is 11.8 Å². The van der Waals surface area contributed by atoms with Crippen LogP contribution >= 0.6 is 0 Å². The molecule has 5 rings (SSSR count). The standard InChI is InChI=1S/C39H51N9O5.C2HF3O2/c1-39(2,3)53-38(51)42-24-27-9-13-30(14-10-27)36(49)48(32-18-15-29(16-19-32)35-43-45-46-44-35)37(50)33(40)23-26-7-11-28(12-8-26)31-17-20-34(41-25-31)52-22-6-21-47(4)5;3-2(4,5)1(6)7/h7-8,11-12,15-20,25,27,30,33H,6,9-10,13-14,21-24,40H2,1-5H3,(H,42,51)(H,43,44,45,46);(H,6,7)/t27-,30-,33-;/m0./s1. The zero-order chi connectivity index (χ0) is 44.0. The Balaban J connectivity index is 0.00000104. The van der Waals surface area contributed by atoms with Gasteiger partial charge in [-0.05, 0) is 126 Å². The van der Waals surface area contributed by atoms with Gasteiger partial charge in [0, 0.05) is 42.4 Å². The van der Waals surface area contributed by atoms with Crippen molar-refractivity contribution in [1.82, 2.24) is 35.8 Å². The summed E-state index contributed by atoms with van der Waals surface area (Å²) in [5.41, 5.74) is 9.87. The van der Waals surface area contributed by atoms with Crippen LogP contribution in [-0.2, 0) is 25.5 Å². The molecule has 19 heteroatoms. The lowest BCUT2D eigenvalue weighted by Crippen LogP contribution is -2.50. The van der Waals surface area contributed by atoms with Crippen molar-refractivity contribution in [2.45, 2.75) is 77.1 Å². The second-order valence-electron chi connectivity index (χ2n) is 15.6. The Morgan fingerprint density at radius 2 is 1.55 bits per heavy atom. The summed E-state index contributed by atoms with van der Waals surface area (Å²) in [6.07, 6.45) is 0.0212. The molecule has 1 aliphatic carbocycles. The molecule has 5 N–H and O–H groups in total. The SMILES string of the molecule is CN(C)CCCOc1ccc(-c2ccc(C[C@H](N)C(=O)N(c3ccc(-c4nn[nH]n4)cc3)C(=O)[C@H]3CC[C@H](CNC(=O)OC(C)(C)C)CC3)cc2)cn1.O=C(O)C(F)(F)F. The first-order chi connectivity index (χ1) is 28.3. The molecule has 0 aliphatic heterocycles. The summed E-state index contributed by atoms with van der Waals surface area (Å²) in [4.78, 5) is 57.1. The number of carboxylic acids is 1. The van der Waals surface area contributed by atoms with Crippen LogP contribution in [0.5, 0.6) is 5.88 Å². The number of aromatic nitrogens is 5. The largest absolute Gasteiger partial charge is 0.490 e. The number of alkyl carbamates (subject to hydrolysis) is 1. The number of ether oxygens (including phenoxy) is 2. The van der Waals surface area contributed by atoms with Crippen molar-refractivity contribution < 1.29 is 46.9 Å². The minimum absolute atomic E-state index is 0.204. The van der Waals surface area contributed by atoms with Gasteiger partial charge in [0.25, 0.3) is 5.91 Å². The normalized spacial score (nSPS) is 15.9. The van der Waals surface area contributed by atoms with Gasteiger partial charge in [-0.15, -0.1) is 10.2 Å². The van der Waals surface area contributed by atoms with E-state index >= 15 is 0 Å². The molecule has 1 atom stereocenters. The van der Waals surface area contributed by atoms with Crippen LogP contribution in [0.1, 0.15) is 58.4 Å². The van der Waals surface area contributed by atoms with Gasteiger partial charge in [0.2, 0.25) is 17.6 Å². The number of nitrogens with zero attached hydrogens (tertiary/aromatic N) is 6. The monoisotopic (exact) mass is 839 g/mol. The van der Waals surface area contributed by atoms with E-state index in [1.165, 1.54) is 4.90 Å². The predicted molar refractivity (Wildman–Crippen MR) is 216 cm³/mol. The maximum Gasteiger partial charge on any atom is 0.490 e. The predicted octanol–water partition coefficient (Wildman–Crippen LogP) is 5.65. The minimum atomic E-state index is -5.08. The molecule has 4 aromatic rings. The summed E-state index contributed by atoms with van der Waals surface area (Å²) in [6.45, 7) is 7.47. The lowest BCUT2D eigenvalue weighted by molar-refractivity contribution is -0.192. The molecular formula is C41H52F3N9O7. The number of imide groups is 1. The molecule has 0 radical (unpaired) electrons. The number of hydrogen-bond donors (Lipinski definition) is 4. The molecule has 3 amide bonds. The summed E-state index contributed by atoms with van der Waals surface area (Å²) in [5, 5.41) is 24.1. The Morgan fingerprint density at radius 1 is 0.933 bits per heavy atom. The summed E-state index contributed by atoms with van der Waals surface area (Å²) < 4.78 is 42.9. The molecule has 0 unspecified atom stereocenters. The number of carboxylic acid groups (broad SMARTS) is 1. The molecule has 324 valence electrons. The van der Waals surface area contributed by atoms with E-state index in [4.69, 9.17) is 25.1 Å². The Bertz CT molecular complexity index is 1980. The average Bonchev–Trinajstić information content (AvgIpc) is 3.74. The molecule has 16 nitrogen and oxygen atoms in total. The molecule has 0 saturated heterocycles. The van der Waals surface area contributed by atoms with E-state index in [9.17, 15) is 27.6 Å². The molecule has 0 bridgehead atoms. The summed E-state index contributed by atoms with van der Waals surface area (Å²) in [6, 6.07) is 17.6. The van der Waals surface area contributed by atoms with Crippen LogP contribution in [-0.4, -0.2) is 111 Å². The molecule has 1 saturated carbocycles. The van der Waals surface area contributed by atoms with Gasteiger partial charge in [-0.25, -0.2) is 19.5 Å². The van der Waals surface area contributed by atoms with E-state index in [1.54, 1.807) is 30.5 Å². The van der Waals surface area contributed by atoms with E-state index in [-0.39, 0.29) is 24.2 Å². The number of aliphatic carboxylic acids is 1. The summed E-state index contributed by atoms with van der Waals surface area (Å²) in [5.74, 6) is -2.71. The number of alkyl halides is 3. The Labute approximate surface area is 346 Å². The zero-order valence-electron chi connectivity index (χ0n) is 34.2. The second-order valence-corrected chi connectivity index (χ2v) is 15.6. The van der Waals surface area contributed by atoms with Gasteiger partial charge in [0.1, 0.15) is 5.60 Å². The number of carbonyl (C=O) groups excluding carboxylic acids is 3. The lowest BCUT2D eigenvalue weighted by atomic mass is 9.81. The molecule has 2 aromatic heterocycles. The number of halogens is 3. The van der Waals surface area contributed by atoms with E-state index in [1.807, 2.05) is 71.3 Å². The average molecular weight is 840 g/mol. The molecule has 0 spiro atoms. The molecule has 2 heterocycles. The van der Waals surface area contributed by atoms with Crippen molar-refractivity contribution in [3.05, 3.63) is 72.4 Å². The summed E-state index contributed by atoms with van der Waals surface area (Å²) >= 11 is 0. The van der Waals surface area contributed by atoms with Crippen LogP contribution in [0.25, 0.3) is 22.5 Å². The minimum Gasteiger partial charge on any atom is -0.478 e. The number of pyridine rings is 1. The fourth-order valence-corrected chi connectivity index (χ4v) is 6.28. The van der Waals surface area contributed by atoms with Crippen molar-refractivity contribution in [1.29, 1.82) is 0 Å². The topological polar surface area (TPSA) is 219 Å². The molecule has 1 aliphatic rings.